The Labute approximate surface area is 125 Å². The van der Waals surface area contributed by atoms with E-state index in [9.17, 15) is 4.79 Å². The van der Waals surface area contributed by atoms with E-state index in [1.165, 1.54) is 0 Å². The number of carbonyl (C=O) groups excluding carboxylic acids is 1. The zero-order chi connectivity index (χ0) is 15.1. The monoisotopic (exact) mass is 292 g/mol. The lowest BCUT2D eigenvalue weighted by Gasteiger charge is -2.36. The maximum Gasteiger partial charge on any atom is 0.225 e. The summed E-state index contributed by atoms with van der Waals surface area (Å²) < 4.78 is 5.37. The van der Waals surface area contributed by atoms with Gasteiger partial charge in [-0.3, -0.25) is 9.78 Å². The molecule has 21 heavy (non-hydrogen) atoms. The van der Waals surface area contributed by atoms with Gasteiger partial charge in [-0.1, -0.05) is 6.92 Å². The van der Waals surface area contributed by atoms with Crippen molar-refractivity contribution in [2.75, 3.05) is 50.0 Å². The highest BCUT2D eigenvalue weighted by molar-refractivity contribution is 5.77. The van der Waals surface area contributed by atoms with Crippen molar-refractivity contribution in [3.8, 4) is 0 Å². The van der Waals surface area contributed by atoms with Gasteiger partial charge >= 0.3 is 0 Å². The minimum atomic E-state index is 0.174. The third-order valence-electron chi connectivity index (χ3n) is 3.61. The lowest BCUT2D eigenvalue weighted by atomic mass is 10.2. The summed E-state index contributed by atoms with van der Waals surface area (Å²) in [4.78, 5) is 20.2. The zero-order valence-corrected chi connectivity index (χ0v) is 12.6. The van der Waals surface area contributed by atoms with E-state index in [2.05, 4.69) is 16.8 Å². The molecule has 1 aliphatic heterocycles. The summed E-state index contributed by atoms with van der Waals surface area (Å²) in [7, 11) is 0. The molecule has 0 spiro atoms. The van der Waals surface area contributed by atoms with E-state index >= 15 is 0 Å². The maximum atomic E-state index is 12.1. The molecule has 0 aromatic carbocycles. The molecule has 0 aliphatic carbocycles. The first-order chi connectivity index (χ1) is 10.2. The number of ether oxygens (including phenoxy) is 1. The summed E-state index contributed by atoms with van der Waals surface area (Å²) in [6.07, 6.45) is 4.86. The summed E-state index contributed by atoms with van der Waals surface area (Å²) >= 11 is 0. The van der Waals surface area contributed by atoms with Crippen molar-refractivity contribution in [2.24, 2.45) is 0 Å². The van der Waals surface area contributed by atoms with E-state index in [-0.39, 0.29) is 5.91 Å². The summed E-state index contributed by atoms with van der Waals surface area (Å²) in [5.74, 6) is 0.174. The van der Waals surface area contributed by atoms with E-state index < -0.39 is 0 Å². The van der Waals surface area contributed by atoms with Crippen LogP contribution in [0.15, 0.2) is 18.5 Å². The van der Waals surface area contributed by atoms with Crippen LogP contribution in [0.3, 0.4) is 0 Å². The van der Waals surface area contributed by atoms with E-state index in [0.29, 0.717) is 18.7 Å². The van der Waals surface area contributed by atoms with E-state index in [1.54, 1.807) is 12.4 Å². The minimum Gasteiger partial charge on any atom is -0.396 e. The molecule has 2 rings (SSSR count). The second kappa shape index (κ2) is 7.83. The number of hydrogen-bond acceptors (Lipinski definition) is 5. The van der Waals surface area contributed by atoms with Crippen molar-refractivity contribution in [3.63, 3.8) is 0 Å². The van der Waals surface area contributed by atoms with Crippen LogP contribution < -0.4 is 10.6 Å². The van der Waals surface area contributed by atoms with Crippen LogP contribution >= 0.6 is 0 Å². The SMILES string of the molecule is CCCOCCC(=O)N1CCN(c2ccncc2N)CC1. The number of amides is 1. The van der Waals surface area contributed by atoms with Gasteiger partial charge in [0.1, 0.15) is 0 Å². The van der Waals surface area contributed by atoms with Gasteiger partial charge in [0.2, 0.25) is 5.91 Å². The molecule has 6 nitrogen and oxygen atoms in total. The average molecular weight is 292 g/mol. The number of anilines is 2. The molecule has 0 radical (unpaired) electrons. The van der Waals surface area contributed by atoms with Gasteiger partial charge in [0.15, 0.2) is 0 Å². The highest BCUT2D eigenvalue weighted by atomic mass is 16.5. The highest BCUT2D eigenvalue weighted by Crippen LogP contribution is 2.22. The zero-order valence-electron chi connectivity index (χ0n) is 12.6. The largest absolute Gasteiger partial charge is 0.396 e. The fraction of sp³-hybridized carbons (Fsp3) is 0.600. The Morgan fingerprint density at radius 2 is 2.10 bits per heavy atom. The number of piperazine rings is 1. The first-order valence-electron chi connectivity index (χ1n) is 7.52. The molecule has 2 N–H and O–H groups in total. The first-order valence-corrected chi connectivity index (χ1v) is 7.52. The normalized spacial score (nSPS) is 15.3. The lowest BCUT2D eigenvalue weighted by Crippen LogP contribution is -2.49. The average Bonchev–Trinajstić information content (AvgIpc) is 2.52. The van der Waals surface area contributed by atoms with Crippen molar-refractivity contribution in [1.29, 1.82) is 0 Å². The van der Waals surface area contributed by atoms with Crippen LogP contribution in [0.25, 0.3) is 0 Å². The number of hydrogen-bond donors (Lipinski definition) is 1. The van der Waals surface area contributed by atoms with Crippen molar-refractivity contribution in [2.45, 2.75) is 19.8 Å². The van der Waals surface area contributed by atoms with Crippen LogP contribution in [-0.2, 0) is 9.53 Å². The lowest BCUT2D eigenvalue weighted by molar-refractivity contribution is -0.132. The van der Waals surface area contributed by atoms with Crippen LogP contribution in [0.5, 0.6) is 0 Å². The topological polar surface area (TPSA) is 71.7 Å². The van der Waals surface area contributed by atoms with Crippen molar-refractivity contribution in [1.82, 2.24) is 9.88 Å². The Bertz CT molecular complexity index is 459. The molecule has 0 unspecified atom stereocenters. The number of carbonyl (C=O) groups is 1. The number of nitrogen functional groups attached to an aromatic ring is 1. The fourth-order valence-corrected chi connectivity index (χ4v) is 2.45. The van der Waals surface area contributed by atoms with E-state index in [1.807, 2.05) is 11.0 Å². The van der Waals surface area contributed by atoms with Crippen molar-refractivity contribution >= 4 is 17.3 Å². The number of rotatable bonds is 6. The van der Waals surface area contributed by atoms with E-state index in [4.69, 9.17) is 10.5 Å². The van der Waals surface area contributed by atoms with Gasteiger partial charge in [0.25, 0.3) is 0 Å². The van der Waals surface area contributed by atoms with Gasteiger partial charge in [0.05, 0.1) is 30.6 Å². The number of nitrogens with two attached hydrogens (primary N) is 1. The van der Waals surface area contributed by atoms with Crippen LogP contribution in [0.4, 0.5) is 11.4 Å². The molecular formula is C15H24N4O2. The number of aromatic nitrogens is 1. The number of nitrogens with zero attached hydrogens (tertiary/aromatic N) is 3. The molecule has 6 heteroatoms. The van der Waals surface area contributed by atoms with Crippen LogP contribution in [0.1, 0.15) is 19.8 Å². The molecule has 0 bridgehead atoms. The quantitative estimate of drug-likeness (QED) is 0.796. The minimum absolute atomic E-state index is 0.174. The van der Waals surface area contributed by atoms with Crippen LogP contribution in [-0.4, -0.2) is 55.2 Å². The Morgan fingerprint density at radius 3 is 2.76 bits per heavy atom. The standard InChI is InChI=1S/C15H24N4O2/c1-2-10-21-11-4-15(20)19-8-6-18(7-9-19)14-3-5-17-12-13(14)16/h3,5,12H,2,4,6-11,16H2,1H3. The van der Waals surface area contributed by atoms with Gasteiger partial charge in [-0.2, -0.15) is 0 Å². The number of pyridine rings is 1. The van der Waals surface area contributed by atoms with Gasteiger partial charge < -0.3 is 20.3 Å². The molecule has 0 saturated carbocycles. The molecule has 1 fully saturated rings. The third-order valence-corrected chi connectivity index (χ3v) is 3.61. The molecule has 2 heterocycles. The molecule has 1 amide bonds. The second-order valence-corrected chi connectivity index (χ2v) is 5.16. The van der Waals surface area contributed by atoms with Gasteiger partial charge in [0, 0.05) is 39.0 Å². The Morgan fingerprint density at radius 1 is 1.33 bits per heavy atom. The maximum absolute atomic E-state index is 12.1. The Hall–Kier alpha value is -1.82. The predicted molar refractivity (Wildman–Crippen MR) is 83.2 cm³/mol. The van der Waals surface area contributed by atoms with Gasteiger partial charge in [-0.25, -0.2) is 0 Å². The Balaban J connectivity index is 1.78. The Kier molecular flexibility index (Phi) is 5.80. The van der Waals surface area contributed by atoms with Crippen LogP contribution in [0, 0.1) is 0 Å². The van der Waals surface area contributed by atoms with Crippen molar-refractivity contribution in [3.05, 3.63) is 18.5 Å². The smallest absolute Gasteiger partial charge is 0.225 e. The summed E-state index contributed by atoms with van der Waals surface area (Å²) in [6, 6.07) is 1.92. The second-order valence-electron chi connectivity index (χ2n) is 5.16. The summed E-state index contributed by atoms with van der Waals surface area (Å²) in [6.45, 7) is 6.37. The molecule has 1 aromatic rings. The van der Waals surface area contributed by atoms with Gasteiger partial charge in [-0.15, -0.1) is 0 Å². The molecule has 1 aliphatic rings. The van der Waals surface area contributed by atoms with Crippen molar-refractivity contribution < 1.29 is 9.53 Å². The highest BCUT2D eigenvalue weighted by Gasteiger charge is 2.21. The fourth-order valence-electron chi connectivity index (χ4n) is 2.45. The van der Waals surface area contributed by atoms with Crippen LogP contribution in [0.2, 0.25) is 0 Å². The first kappa shape index (κ1) is 15.6. The molecule has 1 aromatic heterocycles. The molecular weight excluding hydrogens is 268 g/mol. The molecule has 1 saturated heterocycles. The van der Waals surface area contributed by atoms with Gasteiger partial charge in [-0.05, 0) is 12.5 Å². The van der Waals surface area contributed by atoms with E-state index in [0.717, 1.165) is 44.9 Å². The molecule has 0 atom stereocenters. The summed E-state index contributed by atoms with van der Waals surface area (Å²) in [5.41, 5.74) is 7.63. The molecule has 116 valence electrons. The predicted octanol–water partition coefficient (Wildman–Crippen LogP) is 1.13. The summed E-state index contributed by atoms with van der Waals surface area (Å²) in [5, 5.41) is 0. The third kappa shape index (κ3) is 4.32.